The number of aryl methyl sites for hydroxylation is 1. The number of hydrogen-bond donors (Lipinski definition) is 2. The number of pyridine rings is 1. The van der Waals surface area contributed by atoms with Crippen molar-refractivity contribution in [2.24, 2.45) is 4.99 Å². The molecule has 2 aromatic heterocycles. The van der Waals surface area contributed by atoms with Crippen LogP contribution in [0, 0.1) is 12.7 Å². The topological polar surface area (TPSA) is 65.4 Å². The van der Waals surface area contributed by atoms with E-state index in [1.165, 1.54) is 6.07 Å². The van der Waals surface area contributed by atoms with E-state index in [-0.39, 0.29) is 35.8 Å². The molecule has 142 valence electrons. The highest BCUT2D eigenvalue weighted by Gasteiger charge is 2.25. The van der Waals surface area contributed by atoms with E-state index in [9.17, 15) is 4.39 Å². The van der Waals surface area contributed by atoms with Gasteiger partial charge >= 0.3 is 0 Å². The van der Waals surface area contributed by atoms with Crippen LogP contribution in [0.1, 0.15) is 17.1 Å². The summed E-state index contributed by atoms with van der Waals surface area (Å²) in [6.07, 6.45) is 3.41. The minimum Gasteiger partial charge on any atom is -0.356 e. The minimum absolute atomic E-state index is 0. The van der Waals surface area contributed by atoms with Crippen molar-refractivity contribution in [1.29, 1.82) is 0 Å². The lowest BCUT2D eigenvalue weighted by Crippen LogP contribution is -2.45. The number of aliphatic imine (C=N–C) groups is 1. The quantitative estimate of drug-likeness (QED) is 0.384. The van der Waals surface area contributed by atoms with Gasteiger partial charge in [0.25, 0.3) is 0 Å². The number of hydrogen-bond acceptors (Lipinski definition) is 5. The standard InChI is InChI=1S/C17H23FN6S.HI/c1-12-22-14(11-25-12)5-8-21-17(19-2)23-13-6-9-24(10-13)16-15(18)4-3-7-20-16;/h3-4,7,11,13H,5-6,8-10H2,1-2H3,(H2,19,21,23);1H. The van der Waals surface area contributed by atoms with Gasteiger partial charge in [-0.25, -0.2) is 14.4 Å². The number of nitrogens with zero attached hydrogens (tertiary/aromatic N) is 4. The van der Waals surface area contributed by atoms with Crippen molar-refractivity contribution in [3.63, 3.8) is 0 Å². The maximum absolute atomic E-state index is 13.9. The fourth-order valence-electron chi connectivity index (χ4n) is 2.90. The fraction of sp³-hybridized carbons (Fsp3) is 0.471. The molecular formula is C17H24FIN6S. The third kappa shape index (κ3) is 5.50. The summed E-state index contributed by atoms with van der Waals surface area (Å²) in [4.78, 5) is 14.9. The second-order valence-corrected chi connectivity index (χ2v) is 7.05. The Hall–Kier alpha value is -1.49. The SMILES string of the molecule is CN=C(NCCc1csc(C)n1)NC1CCN(c2ncccc2F)C1.I. The van der Waals surface area contributed by atoms with Crippen LogP contribution >= 0.6 is 35.3 Å². The summed E-state index contributed by atoms with van der Waals surface area (Å²) in [6, 6.07) is 3.28. The van der Waals surface area contributed by atoms with Gasteiger partial charge in [-0.15, -0.1) is 35.3 Å². The Morgan fingerprint density at radius 3 is 3.04 bits per heavy atom. The van der Waals surface area contributed by atoms with Crippen molar-refractivity contribution in [1.82, 2.24) is 20.6 Å². The molecule has 2 aromatic rings. The maximum atomic E-state index is 13.9. The maximum Gasteiger partial charge on any atom is 0.191 e. The first-order chi connectivity index (χ1) is 12.2. The number of aromatic nitrogens is 2. The Morgan fingerprint density at radius 2 is 2.35 bits per heavy atom. The van der Waals surface area contributed by atoms with Gasteiger partial charge in [-0.3, -0.25) is 4.99 Å². The first-order valence-corrected chi connectivity index (χ1v) is 9.27. The zero-order chi connectivity index (χ0) is 17.6. The van der Waals surface area contributed by atoms with Crippen molar-refractivity contribution in [3.8, 4) is 0 Å². The molecule has 0 saturated carbocycles. The highest BCUT2D eigenvalue weighted by Crippen LogP contribution is 2.20. The van der Waals surface area contributed by atoms with Crippen LogP contribution < -0.4 is 15.5 Å². The van der Waals surface area contributed by atoms with Gasteiger partial charge < -0.3 is 15.5 Å². The van der Waals surface area contributed by atoms with Crippen molar-refractivity contribution in [3.05, 3.63) is 40.2 Å². The van der Waals surface area contributed by atoms with Crippen molar-refractivity contribution in [2.45, 2.75) is 25.8 Å². The number of thiazole rings is 1. The summed E-state index contributed by atoms with van der Waals surface area (Å²) >= 11 is 1.67. The summed E-state index contributed by atoms with van der Waals surface area (Å²) in [5.74, 6) is 0.915. The summed E-state index contributed by atoms with van der Waals surface area (Å²) in [6.45, 7) is 4.27. The molecule has 9 heteroatoms. The molecule has 1 atom stereocenters. The van der Waals surface area contributed by atoms with Crippen molar-refractivity contribution in [2.75, 3.05) is 31.6 Å². The summed E-state index contributed by atoms with van der Waals surface area (Å²) in [5, 5.41) is 9.90. The Kier molecular flexibility index (Phi) is 8.01. The summed E-state index contributed by atoms with van der Waals surface area (Å²) < 4.78 is 13.9. The van der Waals surface area contributed by atoms with Gasteiger partial charge in [-0.2, -0.15) is 0 Å². The molecule has 1 aliphatic rings. The Morgan fingerprint density at radius 1 is 1.50 bits per heavy atom. The van der Waals surface area contributed by atoms with Gasteiger partial charge in [-0.1, -0.05) is 0 Å². The molecule has 3 heterocycles. The predicted molar refractivity (Wildman–Crippen MR) is 115 cm³/mol. The molecule has 26 heavy (non-hydrogen) atoms. The lowest BCUT2D eigenvalue weighted by atomic mass is 10.3. The first-order valence-electron chi connectivity index (χ1n) is 8.39. The van der Waals surface area contributed by atoms with E-state index in [0.29, 0.717) is 12.4 Å². The molecule has 1 aliphatic heterocycles. The van der Waals surface area contributed by atoms with E-state index in [2.05, 4.69) is 31.0 Å². The molecule has 0 aromatic carbocycles. The largest absolute Gasteiger partial charge is 0.356 e. The molecule has 2 N–H and O–H groups in total. The van der Waals surface area contributed by atoms with Crippen LogP contribution in [0.4, 0.5) is 10.2 Å². The van der Waals surface area contributed by atoms with E-state index >= 15 is 0 Å². The van der Waals surface area contributed by atoms with Crippen molar-refractivity contribution >= 4 is 47.1 Å². The minimum atomic E-state index is -0.274. The molecule has 3 rings (SSSR count). The third-order valence-electron chi connectivity index (χ3n) is 4.13. The Labute approximate surface area is 174 Å². The Balaban J connectivity index is 0.00000243. The fourth-order valence-corrected chi connectivity index (χ4v) is 3.55. The van der Waals surface area contributed by atoms with E-state index < -0.39 is 0 Å². The van der Waals surface area contributed by atoms with E-state index in [1.807, 2.05) is 11.8 Å². The Bertz CT molecular complexity index is 738. The third-order valence-corrected chi connectivity index (χ3v) is 4.95. The summed E-state index contributed by atoms with van der Waals surface area (Å²) in [7, 11) is 1.76. The average molecular weight is 490 g/mol. The van der Waals surface area contributed by atoms with Crippen LogP contribution in [0.15, 0.2) is 28.7 Å². The average Bonchev–Trinajstić information content (AvgIpc) is 3.23. The molecule has 1 saturated heterocycles. The molecule has 0 spiro atoms. The molecule has 0 amide bonds. The zero-order valence-corrected chi connectivity index (χ0v) is 18.1. The van der Waals surface area contributed by atoms with Crippen LogP contribution in [0.2, 0.25) is 0 Å². The van der Waals surface area contributed by atoms with Gasteiger partial charge in [0.1, 0.15) is 0 Å². The van der Waals surface area contributed by atoms with Gasteiger partial charge in [0, 0.05) is 50.7 Å². The number of guanidine groups is 1. The highest BCUT2D eigenvalue weighted by atomic mass is 127. The van der Waals surface area contributed by atoms with Gasteiger partial charge in [0.15, 0.2) is 17.6 Å². The number of rotatable bonds is 5. The zero-order valence-electron chi connectivity index (χ0n) is 14.9. The molecule has 0 radical (unpaired) electrons. The molecule has 0 aliphatic carbocycles. The van der Waals surface area contributed by atoms with E-state index in [4.69, 9.17) is 0 Å². The molecular weight excluding hydrogens is 466 g/mol. The van der Waals surface area contributed by atoms with Crippen LogP contribution in [0.25, 0.3) is 0 Å². The predicted octanol–water partition coefficient (Wildman–Crippen LogP) is 2.59. The monoisotopic (exact) mass is 490 g/mol. The van der Waals surface area contributed by atoms with Gasteiger partial charge in [-0.05, 0) is 25.5 Å². The van der Waals surface area contributed by atoms with Crippen LogP contribution in [0.3, 0.4) is 0 Å². The number of anilines is 1. The van der Waals surface area contributed by atoms with Gasteiger partial charge in [0.05, 0.1) is 10.7 Å². The number of nitrogens with one attached hydrogen (secondary N) is 2. The molecule has 1 fully saturated rings. The molecule has 0 bridgehead atoms. The lowest BCUT2D eigenvalue weighted by molar-refractivity contribution is 0.612. The van der Waals surface area contributed by atoms with Crippen LogP contribution in [-0.2, 0) is 6.42 Å². The summed E-state index contributed by atoms with van der Waals surface area (Å²) in [5.41, 5.74) is 1.10. The van der Waals surface area contributed by atoms with Crippen molar-refractivity contribution < 1.29 is 4.39 Å². The first kappa shape index (κ1) is 20.8. The highest BCUT2D eigenvalue weighted by molar-refractivity contribution is 14.0. The van der Waals surface area contributed by atoms with Gasteiger partial charge in [0.2, 0.25) is 0 Å². The van der Waals surface area contributed by atoms with E-state index in [1.54, 1.807) is 30.6 Å². The van der Waals surface area contributed by atoms with E-state index in [0.717, 1.165) is 42.6 Å². The number of halogens is 2. The van der Waals surface area contributed by atoms with Crippen LogP contribution in [0.5, 0.6) is 0 Å². The smallest absolute Gasteiger partial charge is 0.191 e. The second-order valence-electron chi connectivity index (χ2n) is 5.99. The second kappa shape index (κ2) is 10.0. The normalized spacial score (nSPS) is 17.1. The van der Waals surface area contributed by atoms with Crippen LogP contribution in [-0.4, -0.2) is 48.7 Å². The lowest BCUT2D eigenvalue weighted by Gasteiger charge is -2.19. The molecule has 1 unspecified atom stereocenters. The molecule has 6 nitrogen and oxygen atoms in total.